The van der Waals surface area contributed by atoms with Gasteiger partial charge in [0.15, 0.2) is 0 Å². The van der Waals surface area contributed by atoms with Crippen LogP contribution >= 0.6 is 11.6 Å². The van der Waals surface area contributed by atoms with Gasteiger partial charge in [0.1, 0.15) is 10.7 Å². The molecule has 5 nitrogen and oxygen atoms in total. The van der Waals surface area contributed by atoms with Crippen molar-refractivity contribution < 1.29 is 8.42 Å². The number of hydrogen-bond donors (Lipinski definition) is 0. The molecule has 0 spiro atoms. The highest BCUT2D eigenvalue weighted by Gasteiger charge is 2.30. The Hall–Kier alpha value is -1.37. The summed E-state index contributed by atoms with van der Waals surface area (Å²) in [5.41, 5.74) is 0. The van der Waals surface area contributed by atoms with Gasteiger partial charge < -0.3 is 4.57 Å². The Morgan fingerprint density at radius 1 is 1.21 bits per heavy atom. The van der Waals surface area contributed by atoms with Gasteiger partial charge in [0.2, 0.25) is 10.0 Å². The number of aromatic nitrogens is 2. The summed E-state index contributed by atoms with van der Waals surface area (Å²) >= 11 is 5.98. The normalized spacial score (nSPS) is 16.3. The standard InChI is InChI=1S/C12H12ClN3O2S/c13-10-3-1-2-4-11(10)19(17,18)16-8-7-15-6-5-14-12(15)9-16/h1-6H,7-9H2. The van der Waals surface area contributed by atoms with Gasteiger partial charge in [0.05, 0.1) is 11.6 Å². The van der Waals surface area contributed by atoms with Gasteiger partial charge >= 0.3 is 0 Å². The number of halogens is 1. The fourth-order valence-electron chi connectivity index (χ4n) is 2.15. The molecule has 0 aliphatic carbocycles. The zero-order valence-electron chi connectivity index (χ0n) is 10.0. The van der Waals surface area contributed by atoms with E-state index in [-0.39, 0.29) is 16.5 Å². The lowest BCUT2D eigenvalue weighted by atomic mass is 10.4. The second-order valence-electron chi connectivity index (χ2n) is 4.31. The highest BCUT2D eigenvalue weighted by Crippen LogP contribution is 2.26. The fraction of sp³-hybridized carbons (Fsp3) is 0.250. The summed E-state index contributed by atoms with van der Waals surface area (Å²) in [7, 11) is -3.57. The second-order valence-corrected chi connectivity index (χ2v) is 6.62. The van der Waals surface area contributed by atoms with Crippen molar-refractivity contribution >= 4 is 21.6 Å². The summed E-state index contributed by atoms with van der Waals surface area (Å²) in [6.07, 6.45) is 3.54. The summed E-state index contributed by atoms with van der Waals surface area (Å²) < 4.78 is 28.5. The third-order valence-electron chi connectivity index (χ3n) is 3.16. The largest absolute Gasteiger partial charge is 0.333 e. The minimum Gasteiger partial charge on any atom is -0.333 e. The average molecular weight is 298 g/mol. The van der Waals surface area contributed by atoms with Gasteiger partial charge in [-0.25, -0.2) is 13.4 Å². The van der Waals surface area contributed by atoms with Gasteiger partial charge in [-0.3, -0.25) is 0 Å². The fourth-order valence-corrected chi connectivity index (χ4v) is 4.03. The SMILES string of the molecule is O=S(=O)(c1ccccc1Cl)N1CCn2ccnc2C1. The molecule has 1 aromatic carbocycles. The molecule has 0 fully saturated rings. The molecule has 7 heteroatoms. The number of imidazole rings is 1. The van der Waals surface area contributed by atoms with E-state index in [2.05, 4.69) is 4.98 Å². The van der Waals surface area contributed by atoms with E-state index in [9.17, 15) is 8.42 Å². The van der Waals surface area contributed by atoms with E-state index in [1.54, 1.807) is 24.4 Å². The van der Waals surface area contributed by atoms with Crippen LogP contribution in [0.5, 0.6) is 0 Å². The van der Waals surface area contributed by atoms with Gasteiger partial charge in [0, 0.05) is 25.5 Å². The van der Waals surface area contributed by atoms with Crippen LogP contribution < -0.4 is 0 Å². The zero-order valence-corrected chi connectivity index (χ0v) is 11.6. The molecule has 19 heavy (non-hydrogen) atoms. The predicted octanol–water partition coefficient (Wildman–Crippen LogP) is 1.74. The third-order valence-corrected chi connectivity index (χ3v) is 5.51. The van der Waals surface area contributed by atoms with Crippen LogP contribution in [-0.4, -0.2) is 28.8 Å². The second kappa shape index (κ2) is 4.63. The molecule has 1 aliphatic heterocycles. The number of rotatable bonds is 2. The summed E-state index contributed by atoms with van der Waals surface area (Å²) in [6.45, 7) is 1.32. The number of nitrogens with zero attached hydrogens (tertiary/aromatic N) is 3. The van der Waals surface area contributed by atoms with Crippen LogP contribution in [0.4, 0.5) is 0 Å². The Morgan fingerprint density at radius 3 is 2.79 bits per heavy atom. The first kappa shape index (κ1) is 12.7. The van der Waals surface area contributed by atoms with Crippen molar-refractivity contribution in [2.45, 2.75) is 18.0 Å². The van der Waals surface area contributed by atoms with Gasteiger partial charge in [-0.05, 0) is 12.1 Å². The first-order valence-electron chi connectivity index (χ1n) is 5.84. The molecule has 1 aromatic heterocycles. The monoisotopic (exact) mass is 297 g/mol. The molecule has 0 amide bonds. The maximum atomic E-state index is 12.5. The topological polar surface area (TPSA) is 55.2 Å². The van der Waals surface area contributed by atoms with Crippen LogP contribution in [-0.2, 0) is 23.1 Å². The van der Waals surface area contributed by atoms with Crippen molar-refractivity contribution in [2.24, 2.45) is 0 Å². The molecule has 0 bridgehead atoms. The van der Waals surface area contributed by atoms with E-state index in [0.29, 0.717) is 13.1 Å². The first-order chi connectivity index (χ1) is 9.09. The van der Waals surface area contributed by atoms with Crippen molar-refractivity contribution in [3.8, 4) is 0 Å². The summed E-state index contributed by atoms with van der Waals surface area (Å²) in [5.74, 6) is 0.752. The minimum atomic E-state index is -3.57. The highest BCUT2D eigenvalue weighted by molar-refractivity contribution is 7.89. The van der Waals surface area contributed by atoms with Crippen LogP contribution in [0, 0.1) is 0 Å². The van der Waals surface area contributed by atoms with E-state index in [1.807, 2.05) is 10.8 Å². The van der Waals surface area contributed by atoms with Crippen LogP contribution in [0.1, 0.15) is 5.82 Å². The zero-order chi connectivity index (χ0) is 13.5. The Labute approximate surface area is 116 Å². The van der Waals surface area contributed by atoms with E-state index in [4.69, 9.17) is 11.6 Å². The van der Waals surface area contributed by atoms with Gasteiger partial charge in [-0.15, -0.1) is 0 Å². The molecule has 0 saturated heterocycles. The molecule has 0 N–H and O–H groups in total. The molecular formula is C12H12ClN3O2S. The van der Waals surface area contributed by atoms with Crippen LogP contribution in [0.15, 0.2) is 41.6 Å². The molecule has 2 aromatic rings. The average Bonchev–Trinajstić information content (AvgIpc) is 2.86. The summed E-state index contributed by atoms with van der Waals surface area (Å²) in [5, 5.41) is 0.247. The number of benzene rings is 1. The predicted molar refractivity (Wildman–Crippen MR) is 71.3 cm³/mol. The van der Waals surface area contributed by atoms with Crippen molar-refractivity contribution in [2.75, 3.05) is 6.54 Å². The molecule has 1 aliphatic rings. The highest BCUT2D eigenvalue weighted by atomic mass is 35.5. The van der Waals surface area contributed by atoms with Crippen LogP contribution in [0.25, 0.3) is 0 Å². The van der Waals surface area contributed by atoms with E-state index >= 15 is 0 Å². The molecule has 2 heterocycles. The molecule has 0 radical (unpaired) electrons. The Balaban J connectivity index is 1.97. The van der Waals surface area contributed by atoms with E-state index in [1.165, 1.54) is 10.4 Å². The maximum absolute atomic E-state index is 12.5. The van der Waals surface area contributed by atoms with Gasteiger partial charge in [-0.2, -0.15) is 4.31 Å². The lowest BCUT2D eigenvalue weighted by molar-refractivity contribution is 0.335. The molecule has 3 rings (SSSR count). The number of hydrogen-bond acceptors (Lipinski definition) is 3. The van der Waals surface area contributed by atoms with Crippen molar-refractivity contribution in [3.05, 3.63) is 47.5 Å². The van der Waals surface area contributed by atoms with Crippen LogP contribution in [0.3, 0.4) is 0 Å². The Bertz CT molecular complexity index is 711. The molecule has 0 saturated carbocycles. The molecule has 0 atom stereocenters. The number of fused-ring (bicyclic) bond motifs is 1. The van der Waals surface area contributed by atoms with Crippen molar-refractivity contribution in [1.29, 1.82) is 0 Å². The summed E-state index contributed by atoms with van der Waals surface area (Å²) in [6, 6.07) is 6.49. The van der Waals surface area contributed by atoms with E-state index < -0.39 is 10.0 Å². The maximum Gasteiger partial charge on any atom is 0.245 e. The summed E-state index contributed by atoms with van der Waals surface area (Å²) in [4.78, 5) is 4.31. The quantitative estimate of drug-likeness (QED) is 0.848. The smallest absolute Gasteiger partial charge is 0.245 e. The number of sulfonamides is 1. The lowest BCUT2D eigenvalue weighted by Crippen LogP contribution is -2.38. The van der Waals surface area contributed by atoms with Gasteiger partial charge in [-0.1, -0.05) is 23.7 Å². The first-order valence-corrected chi connectivity index (χ1v) is 7.65. The van der Waals surface area contributed by atoms with Crippen molar-refractivity contribution in [3.63, 3.8) is 0 Å². The Kier molecular flexibility index (Phi) is 3.08. The molecular weight excluding hydrogens is 286 g/mol. The van der Waals surface area contributed by atoms with Crippen LogP contribution in [0.2, 0.25) is 5.02 Å². The molecule has 0 unspecified atom stereocenters. The third kappa shape index (κ3) is 2.16. The van der Waals surface area contributed by atoms with E-state index in [0.717, 1.165) is 5.82 Å². The Morgan fingerprint density at radius 2 is 2.00 bits per heavy atom. The molecule has 100 valence electrons. The lowest BCUT2D eigenvalue weighted by Gasteiger charge is -2.27. The minimum absolute atomic E-state index is 0.150. The van der Waals surface area contributed by atoms with Crippen molar-refractivity contribution in [1.82, 2.24) is 13.9 Å². The van der Waals surface area contributed by atoms with Gasteiger partial charge in [0.25, 0.3) is 0 Å².